The monoisotopic (exact) mass is 465 g/mol. The summed E-state index contributed by atoms with van der Waals surface area (Å²) in [5.74, 6) is 0.415. The maximum Gasteiger partial charge on any atom is 0.341 e. The molecule has 1 atom stereocenters. The van der Waals surface area contributed by atoms with Gasteiger partial charge >= 0.3 is 5.97 Å². The number of anilines is 1. The normalized spacial score (nSPS) is 15.6. The number of benzene rings is 1. The van der Waals surface area contributed by atoms with E-state index < -0.39 is 5.97 Å². The average molecular weight is 466 g/mol. The van der Waals surface area contributed by atoms with Crippen LogP contribution in [0.5, 0.6) is 0 Å². The number of rotatable bonds is 11. The van der Waals surface area contributed by atoms with Gasteiger partial charge in [0.25, 0.3) is 0 Å². The standard InChI is InChI=1S/C26H35N5O3/c1-4-34-25(33)22-19-27-26(28-20-22)31-17-15-30(16-18-31)23(24(32)11-8-14-29(2)3)13-12-21-9-6-5-7-10-21/h5-7,9-10,12-13,19-20,23H,4,8,11,14-18H2,1-3H3/b13-12+. The second-order valence-corrected chi connectivity index (χ2v) is 8.60. The molecule has 0 bridgehead atoms. The molecule has 8 heteroatoms. The van der Waals surface area contributed by atoms with Crippen LogP contribution in [0, 0.1) is 0 Å². The molecular weight excluding hydrogens is 430 g/mol. The fourth-order valence-corrected chi connectivity index (χ4v) is 3.92. The minimum atomic E-state index is -0.417. The summed E-state index contributed by atoms with van der Waals surface area (Å²) in [5.41, 5.74) is 1.43. The maximum absolute atomic E-state index is 13.2. The van der Waals surface area contributed by atoms with Crippen LogP contribution in [0.25, 0.3) is 6.08 Å². The van der Waals surface area contributed by atoms with E-state index in [1.165, 1.54) is 12.4 Å². The minimum Gasteiger partial charge on any atom is -0.462 e. The van der Waals surface area contributed by atoms with Gasteiger partial charge in [0, 0.05) is 45.0 Å². The zero-order chi connectivity index (χ0) is 24.3. The summed E-state index contributed by atoms with van der Waals surface area (Å²) in [7, 11) is 4.05. The number of ketones is 1. The summed E-state index contributed by atoms with van der Waals surface area (Å²) in [6.07, 6.45) is 8.49. The third-order valence-corrected chi connectivity index (χ3v) is 5.77. The highest BCUT2D eigenvalue weighted by atomic mass is 16.5. The average Bonchev–Trinajstić information content (AvgIpc) is 2.85. The van der Waals surface area contributed by atoms with Gasteiger partial charge in [0.1, 0.15) is 0 Å². The molecule has 0 amide bonds. The predicted molar refractivity (Wildman–Crippen MR) is 134 cm³/mol. The van der Waals surface area contributed by atoms with Gasteiger partial charge in [0.2, 0.25) is 5.95 Å². The lowest BCUT2D eigenvalue weighted by Crippen LogP contribution is -2.52. The van der Waals surface area contributed by atoms with Crippen molar-refractivity contribution in [3.8, 4) is 0 Å². The molecule has 1 aliphatic heterocycles. The summed E-state index contributed by atoms with van der Waals surface area (Å²) >= 11 is 0. The summed E-state index contributed by atoms with van der Waals surface area (Å²) in [4.78, 5) is 40.1. The van der Waals surface area contributed by atoms with Crippen molar-refractivity contribution >= 4 is 23.8 Å². The van der Waals surface area contributed by atoms with E-state index >= 15 is 0 Å². The van der Waals surface area contributed by atoms with E-state index in [-0.39, 0.29) is 11.8 Å². The fraction of sp³-hybridized carbons (Fsp3) is 0.462. The number of carbonyl (C=O) groups is 2. The van der Waals surface area contributed by atoms with Gasteiger partial charge in [0.15, 0.2) is 5.78 Å². The predicted octanol–water partition coefficient (Wildman–Crippen LogP) is 2.77. The van der Waals surface area contributed by atoms with Crippen LogP contribution in [-0.4, -0.2) is 91.0 Å². The molecule has 0 spiro atoms. The highest BCUT2D eigenvalue weighted by molar-refractivity contribution is 5.88. The molecule has 0 aliphatic carbocycles. The Labute approximate surface area is 202 Å². The van der Waals surface area contributed by atoms with Crippen molar-refractivity contribution in [3.05, 3.63) is 59.9 Å². The molecule has 1 aromatic heterocycles. The van der Waals surface area contributed by atoms with Crippen molar-refractivity contribution in [1.29, 1.82) is 0 Å². The second-order valence-electron chi connectivity index (χ2n) is 8.60. The van der Waals surface area contributed by atoms with Gasteiger partial charge in [-0.15, -0.1) is 0 Å². The van der Waals surface area contributed by atoms with Gasteiger partial charge in [-0.3, -0.25) is 9.69 Å². The molecule has 1 unspecified atom stereocenters. The molecular formula is C26H35N5O3. The van der Waals surface area contributed by atoms with Crippen molar-refractivity contribution in [3.63, 3.8) is 0 Å². The Hall–Kier alpha value is -3.10. The van der Waals surface area contributed by atoms with Gasteiger partial charge in [-0.1, -0.05) is 42.5 Å². The number of nitrogens with zero attached hydrogens (tertiary/aromatic N) is 5. The Morgan fingerprint density at radius 2 is 1.76 bits per heavy atom. The topological polar surface area (TPSA) is 78.9 Å². The van der Waals surface area contributed by atoms with E-state index in [9.17, 15) is 9.59 Å². The van der Waals surface area contributed by atoms with Crippen LogP contribution in [0.2, 0.25) is 0 Å². The number of hydrogen-bond donors (Lipinski definition) is 0. The molecule has 1 saturated heterocycles. The van der Waals surface area contributed by atoms with E-state index in [1.807, 2.05) is 56.6 Å². The Kier molecular flexibility index (Phi) is 9.73. The zero-order valence-corrected chi connectivity index (χ0v) is 20.4. The third kappa shape index (κ3) is 7.46. The second kappa shape index (κ2) is 13.0. The summed E-state index contributed by atoms with van der Waals surface area (Å²) in [5, 5.41) is 0. The first-order valence-electron chi connectivity index (χ1n) is 11.9. The van der Waals surface area contributed by atoms with E-state index in [0.717, 1.165) is 31.6 Å². The smallest absolute Gasteiger partial charge is 0.341 e. The first kappa shape index (κ1) is 25.5. The van der Waals surface area contributed by atoms with E-state index in [4.69, 9.17) is 4.74 Å². The van der Waals surface area contributed by atoms with E-state index in [0.29, 0.717) is 37.6 Å². The molecule has 1 aromatic carbocycles. The van der Waals surface area contributed by atoms with Crippen molar-refractivity contribution in [1.82, 2.24) is 19.8 Å². The molecule has 2 heterocycles. The lowest BCUT2D eigenvalue weighted by molar-refractivity contribution is -0.123. The molecule has 0 radical (unpaired) electrons. The summed E-state index contributed by atoms with van der Waals surface area (Å²) in [6, 6.07) is 9.82. The molecule has 2 aromatic rings. The van der Waals surface area contributed by atoms with Crippen LogP contribution in [0.1, 0.15) is 35.7 Å². The summed E-state index contributed by atoms with van der Waals surface area (Å²) in [6.45, 7) is 5.85. The van der Waals surface area contributed by atoms with Gasteiger partial charge in [-0.25, -0.2) is 14.8 Å². The van der Waals surface area contributed by atoms with Crippen LogP contribution in [0.15, 0.2) is 48.8 Å². The fourth-order valence-electron chi connectivity index (χ4n) is 3.92. The molecule has 8 nitrogen and oxygen atoms in total. The first-order chi connectivity index (χ1) is 16.5. The van der Waals surface area contributed by atoms with E-state index in [2.05, 4.69) is 24.7 Å². The third-order valence-electron chi connectivity index (χ3n) is 5.77. The molecule has 1 fully saturated rings. The lowest BCUT2D eigenvalue weighted by atomic mass is 10.0. The largest absolute Gasteiger partial charge is 0.462 e. The van der Waals surface area contributed by atoms with Gasteiger partial charge < -0.3 is 14.5 Å². The quantitative estimate of drug-likeness (QED) is 0.469. The van der Waals surface area contributed by atoms with Crippen LogP contribution < -0.4 is 4.90 Å². The van der Waals surface area contributed by atoms with Crippen molar-refractivity contribution in [2.75, 3.05) is 58.3 Å². The number of Topliss-reactive ketones (excluding diaryl/α,β-unsaturated/α-hetero) is 1. The number of hydrogen-bond acceptors (Lipinski definition) is 8. The number of esters is 1. The van der Waals surface area contributed by atoms with Gasteiger partial charge in [0.05, 0.1) is 18.2 Å². The molecule has 0 N–H and O–H groups in total. The number of carbonyl (C=O) groups excluding carboxylic acids is 2. The van der Waals surface area contributed by atoms with Crippen LogP contribution in [0.3, 0.4) is 0 Å². The van der Waals surface area contributed by atoms with E-state index in [1.54, 1.807) is 6.92 Å². The highest BCUT2D eigenvalue weighted by Gasteiger charge is 2.27. The van der Waals surface area contributed by atoms with Crippen LogP contribution in [-0.2, 0) is 9.53 Å². The Morgan fingerprint density at radius 3 is 2.38 bits per heavy atom. The van der Waals surface area contributed by atoms with Crippen molar-refractivity contribution < 1.29 is 14.3 Å². The maximum atomic E-state index is 13.2. The molecule has 182 valence electrons. The molecule has 3 rings (SSSR count). The van der Waals surface area contributed by atoms with Crippen LogP contribution >= 0.6 is 0 Å². The minimum absolute atomic E-state index is 0.248. The van der Waals surface area contributed by atoms with Gasteiger partial charge in [-0.05, 0) is 39.5 Å². The number of aromatic nitrogens is 2. The first-order valence-corrected chi connectivity index (χ1v) is 11.9. The Bertz CT molecular complexity index is 939. The Morgan fingerprint density at radius 1 is 1.09 bits per heavy atom. The zero-order valence-electron chi connectivity index (χ0n) is 20.4. The van der Waals surface area contributed by atoms with Gasteiger partial charge in [-0.2, -0.15) is 0 Å². The molecule has 34 heavy (non-hydrogen) atoms. The summed E-state index contributed by atoms with van der Waals surface area (Å²) < 4.78 is 4.99. The SMILES string of the molecule is CCOC(=O)c1cnc(N2CCN(C(/C=C/c3ccccc3)C(=O)CCCN(C)C)CC2)nc1. The van der Waals surface area contributed by atoms with Crippen molar-refractivity contribution in [2.24, 2.45) is 0 Å². The highest BCUT2D eigenvalue weighted by Crippen LogP contribution is 2.16. The Balaban J connectivity index is 1.64. The molecule has 1 aliphatic rings. The number of ether oxygens (including phenoxy) is 1. The number of piperazine rings is 1. The lowest BCUT2D eigenvalue weighted by Gasteiger charge is -2.37. The van der Waals surface area contributed by atoms with Crippen LogP contribution in [0.4, 0.5) is 5.95 Å². The molecule has 0 saturated carbocycles. The van der Waals surface area contributed by atoms with Crippen molar-refractivity contribution in [2.45, 2.75) is 25.8 Å².